The van der Waals surface area contributed by atoms with Gasteiger partial charge in [0.15, 0.2) is 0 Å². The summed E-state index contributed by atoms with van der Waals surface area (Å²) in [6, 6.07) is 9.58. The summed E-state index contributed by atoms with van der Waals surface area (Å²) in [5, 5.41) is 19.1. The van der Waals surface area contributed by atoms with Crippen molar-refractivity contribution in [3.8, 4) is 0 Å². The highest BCUT2D eigenvalue weighted by molar-refractivity contribution is 8.02. The van der Waals surface area contributed by atoms with Crippen molar-refractivity contribution in [2.75, 3.05) is 0 Å². The van der Waals surface area contributed by atoms with Gasteiger partial charge in [-0.25, -0.2) is 4.79 Å². The number of hydrogen-bond donors (Lipinski definition) is 2. The molecule has 2 N–H and O–H groups in total. The number of hydrogen-bond acceptors (Lipinski definition) is 4. The number of fused-ring (bicyclic) bond motifs is 1. The van der Waals surface area contributed by atoms with Crippen LogP contribution in [0.15, 0.2) is 40.9 Å². The average molecular weight is 319 g/mol. The van der Waals surface area contributed by atoms with E-state index < -0.39 is 18.0 Å². The molecule has 1 saturated heterocycles. The number of benzene rings is 1. The number of amides is 1. The van der Waals surface area contributed by atoms with Crippen molar-refractivity contribution in [3.63, 3.8) is 0 Å². The third-order valence-corrected chi connectivity index (χ3v) is 5.33. The highest BCUT2D eigenvalue weighted by atomic mass is 32.2. The molecule has 0 radical (unpaired) electrons. The minimum absolute atomic E-state index is 0.0906. The number of aliphatic hydroxyl groups excluding tert-OH is 1. The topological polar surface area (TPSA) is 77.8 Å². The molecule has 3 atom stereocenters. The van der Waals surface area contributed by atoms with Crippen LogP contribution in [0.3, 0.4) is 0 Å². The molecule has 22 heavy (non-hydrogen) atoms. The molecule has 1 aromatic carbocycles. The highest BCUT2D eigenvalue weighted by Gasteiger charge is 2.56. The van der Waals surface area contributed by atoms with Crippen LogP contribution in [-0.4, -0.2) is 39.1 Å². The number of rotatable bonds is 5. The molecule has 0 spiro atoms. The number of carboxylic acids is 1. The van der Waals surface area contributed by atoms with Crippen molar-refractivity contribution in [3.05, 3.63) is 46.5 Å². The van der Waals surface area contributed by atoms with Crippen LogP contribution in [-0.2, 0) is 15.3 Å². The van der Waals surface area contributed by atoms with Gasteiger partial charge in [0.25, 0.3) is 0 Å². The Balaban J connectivity index is 1.78. The van der Waals surface area contributed by atoms with Crippen LogP contribution < -0.4 is 0 Å². The zero-order chi connectivity index (χ0) is 15.9. The maximum atomic E-state index is 12.1. The van der Waals surface area contributed by atoms with Gasteiger partial charge in [-0.2, -0.15) is 0 Å². The summed E-state index contributed by atoms with van der Waals surface area (Å²) in [4.78, 5) is 25.6. The van der Waals surface area contributed by atoms with Crippen molar-refractivity contribution >= 4 is 23.6 Å². The Morgan fingerprint density at radius 1 is 1.41 bits per heavy atom. The van der Waals surface area contributed by atoms with Crippen molar-refractivity contribution in [2.45, 2.75) is 31.2 Å². The summed E-state index contributed by atoms with van der Waals surface area (Å²) in [7, 11) is 0. The SMILES string of the molecule is CC(O)C1C(=O)N2C(C(=O)O)=C(SCc3ccccc3)CC12. The Kier molecular flexibility index (Phi) is 3.97. The first kappa shape index (κ1) is 15.1. The monoisotopic (exact) mass is 319 g/mol. The Hall–Kier alpha value is -1.79. The van der Waals surface area contributed by atoms with Gasteiger partial charge in [-0.1, -0.05) is 30.3 Å². The van der Waals surface area contributed by atoms with E-state index in [9.17, 15) is 19.8 Å². The molecule has 2 heterocycles. The Bertz CT molecular complexity index is 641. The molecule has 0 aromatic heterocycles. The van der Waals surface area contributed by atoms with Crippen LogP contribution in [0.25, 0.3) is 0 Å². The summed E-state index contributed by atoms with van der Waals surface area (Å²) in [6.45, 7) is 1.58. The Morgan fingerprint density at radius 2 is 2.09 bits per heavy atom. The van der Waals surface area contributed by atoms with Crippen molar-refractivity contribution in [1.82, 2.24) is 4.90 Å². The van der Waals surface area contributed by atoms with Gasteiger partial charge in [-0.05, 0) is 12.5 Å². The maximum absolute atomic E-state index is 12.1. The van der Waals surface area contributed by atoms with E-state index in [2.05, 4.69) is 0 Å². The van der Waals surface area contributed by atoms with E-state index in [4.69, 9.17) is 0 Å². The second kappa shape index (κ2) is 5.78. The lowest BCUT2D eigenvalue weighted by molar-refractivity contribution is -0.161. The number of thioether (sulfide) groups is 1. The molecule has 3 unspecified atom stereocenters. The van der Waals surface area contributed by atoms with Gasteiger partial charge >= 0.3 is 5.97 Å². The largest absolute Gasteiger partial charge is 0.477 e. The molecular formula is C16H17NO4S. The minimum atomic E-state index is -1.07. The highest BCUT2D eigenvalue weighted by Crippen LogP contribution is 2.47. The number of aliphatic carboxylic acids is 1. The van der Waals surface area contributed by atoms with Crippen LogP contribution in [0.1, 0.15) is 18.9 Å². The lowest BCUT2D eigenvalue weighted by Gasteiger charge is -2.44. The molecule has 0 aliphatic carbocycles. The van der Waals surface area contributed by atoms with Crippen LogP contribution in [0.5, 0.6) is 0 Å². The van der Waals surface area contributed by atoms with E-state index in [1.54, 1.807) is 6.92 Å². The molecule has 3 rings (SSSR count). The van der Waals surface area contributed by atoms with E-state index >= 15 is 0 Å². The Morgan fingerprint density at radius 3 is 2.68 bits per heavy atom. The maximum Gasteiger partial charge on any atom is 0.353 e. The lowest BCUT2D eigenvalue weighted by Crippen LogP contribution is -2.61. The van der Waals surface area contributed by atoms with Crippen LogP contribution >= 0.6 is 11.8 Å². The summed E-state index contributed by atoms with van der Waals surface area (Å²) in [5.41, 5.74) is 1.20. The second-order valence-electron chi connectivity index (χ2n) is 5.60. The number of carbonyl (C=O) groups is 2. The zero-order valence-corrected chi connectivity index (χ0v) is 12.9. The summed E-state index contributed by atoms with van der Waals surface area (Å²) in [6.07, 6.45) is -0.234. The van der Waals surface area contributed by atoms with E-state index in [1.165, 1.54) is 16.7 Å². The first-order valence-corrected chi connectivity index (χ1v) is 8.13. The molecule has 1 aromatic rings. The molecule has 1 fully saturated rings. The van der Waals surface area contributed by atoms with Crippen LogP contribution in [0.4, 0.5) is 0 Å². The van der Waals surface area contributed by atoms with Gasteiger partial charge in [-0.3, -0.25) is 4.79 Å². The van der Waals surface area contributed by atoms with Crippen molar-refractivity contribution < 1.29 is 19.8 Å². The zero-order valence-electron chi connectivity index (χ0n) is 12.1. The molecule has 6 heteroatoms. The molecule has 0 bridgehead atoms. The van der Waals surface area contributed by atoms with Gasteiger partial charge < -0.3 is 15.1 Å². The lowest BCUT2D eigenvalue weighted by atomic mass is 9.83. The average Bonchev–Trinajstić information content (AvgIpc) is 2.80. The molecular weight excluding hydrogens is 302 g/mol. The normalized spacial score (nSPS) is 25.0. The smallest absolute Gasteiger partial charge is 0.353 e. The van der Waals surface area contributed by atoms with Gasteiger partial charge in [-0.15, -0.1) is 11.8 Å². The van der Waals surface area contributed by atoms with Crippen molar-refractivity contribution in [1.29, 1.82) is 0 Å². The standard InChI is InChI=1S/C16H17NO4S/c1-9(18)13-11-7-12(14(16(20)21)17(11)15(13)19)22-8-10-5-3-2-4-6-10/h2-6,9,11,13,18H,7-8H2,1H3,(H,20,21). The molecule has 116 valence electrons. The van der Waals surface area contributed by atoms with Crippen LogP contribution in [0, 0.1) is 5.92 Å². The summed E-state index contributed by atoms with van der Waals surface area (Å²) < 4.78 is 0. The fourth-order valence-electron chi connectivity index (χ4n) is 3.10. The molecule has 0 saturated carbocycles. The van der Waals surface area contributed by atoms with Gasteiger partial charge in [0.2, 0.25) is 5.91 Å². The number of β-lactam (4-membered cyclic amide) rings is 1. The van der Waals surface area contributed by atoms with Gasteiger partial charge in [0.1, 0.15) is 5.70 Å². The molecule has 2 aliphatic rings. The molecule has 1 amide bonds. The van der Waals surface area contributed by atoms with E-state index in [0.29, 0.717) is 12.2 Å². The van der Waals surface area contributed by atoms with Crippen molar-refractivity contribution in [2.24, 2.45) is 5.92 Å². The van der Waals surface area contributed by atoms with E-state index in [0.717, 1.165) is 10.5 Å². The number of aliphatic hydroxyl groups is 1. The molecule has 2 aliphatic heterocycles. The third kappa shape index (κ3) is 2.42. The van der Waals surface area contributed by atoms with E-state index in [1.807, 2.05) is 30.3 Å². The predicted octanol–water partition coefficient (Wildman–Crippen LogP) is 1.83. The third-order valence-electron chi connectivity index (χ3n) is 4.15. The van der Waals surface area contributed by atoms with Gasteiger partial charge in [0, 0.05) is 17.1 Å². The predicted molar refractivity (Wildman–Crippen MR) is 82.8 cm³/mol. The van der Waals surface area contributed by atoms with Crippen LogP contribution in [0.2, 0.25) is 0 Å². The quantitative estimate of drug-likeness (QED) is 0.810. The number of nitrogens with zero attached hydrogens (tertiary/aromatic N) is 1. The summed E-state index contributed by atoms with van der Waals surface area (Å²) in [5.74, 6) is -1.17. The Labute approximate surface area is 132 Å². The summed E-state index contributed by atoms with van der Waals surface area (Å²) >= 11 is 1.46. The number of carboxylic acid groups (broad SMARTS) is 1. The minimum Gasteiger partial charge on any atom is -0.477 e. The first-order valence-electron chi connectivity index (χ1n) is 7.15. The van der Waals surface area contributed by atoms with Gasteiger partial charge in [0.05, 0.1) is 18.1 Å². The first-order chi connectivity index (χ1) is 10.5. The fourth-order valence-corrected chi connectivity index (χ4v) is 4.25. The molecule has 5 nitrogen and oxygen atoms in total. The fraction of sp³-hybridized carbons (Fsp3) is 0.375. The second-order valence-corrected chi connectivity index (χ2v) is 6.67. The van der Waals surface area contributed by atoms with E-state index in [-0.39, 0.29) is 17.6 Å². The number of carbonyl (C=O) groups excluding carboxylic acids is 1.